The Bertz CT molecular complexity index is 819. The molecule has 0 unspecified atom stereocenters. The number of hydrogen-bond acceptors (Lipinski definition) is 6. The molecule has 1 amide bonds. The Morgan fingerprint density at radius 1 is 1.52 bits per heavy atom. The minimum atomic E-state index is -0.260. The number of carbonyl (C=O) groups is 1. The van der Waals surface area contributed by atoms with Crippen LogP contribution < -0.4 is 5.32 Å². The molecule has 0 atom stereocenters. The number of rotatable bonds is 4. The van der Waals surface area contributed by atoms with Gasteiger partial charge < -0.3 is 9.84 Å². The van der Waals surface area contributed by atoms with Crippen molar-refractivity contribution in [2.45, 2.75) is 13.5 Å². The minimum absolute atomic E-state index is 0.260. The highest BCUT2D eigenvalue weighted by Gasteiger charge is 2.10. The molecule has 0 aromatic carbocycles. The van der Waals surface area contributed by atoms with Crippen LogP contribution in [0.1, 0.15) is 11.6 Å². The summed E-state index contributed by atoms with van der Waals surface area (Å²) < 4.78 is 6.89. The van der Waals surface area contributed by atoms with Crippen LogP contribution in [0, 0.1) is 6.92 Å². The zero-order chi connectivity index (χ0) is 14.8. The number of amides is 1. The monoisotopic (exact) mass is 284 g/mol. The highest BCUT2D eigenvalue weighted by molar-refractivity contribution is 5.86. The molecule has 0 aliphatic carbocycles. The summed E-state index contributed by atoms with van der Waals surface area (Å²) in [5.74, 6) is 1.36. The summed E-state index contributed by atoms with van der Waals surface area (Å²) in [5.41, 5.74) is 1.39. The van der Waals surface area contributed by atoms with Crippen molar-refractivity contribution in [3.63, 3.8) is 0 Å². The molecule has 0 fully saturated rings. The van der Waals surface area contributed by atoms with Crippen LogP contribution in [0.2, 0.25) is 0 Å². The van der Waals surface area contributed by atoms with Crippen molar-refractivity contribution in [3.05, 3.63) is 42.6 Å². The average molecular weight is 284 g/mol. The van der Waals surface area contributed by atoms with Crippen molar-refractivity contribution < 1.29 is 9.32 Å². The van der Waals surface area contributed by atoms with Crippen LogP contribution in [0.15, 0.2) is 35.5 Å². The van der Waals surface area contributed by atoms with E-state index in [4.69, 9.17) is 4.52 Å². The molecule has 3 aromatic rings. The van der Waals surface area contributed by atoms with Gasteiger partial charge in [-0.2, -0.15) is 4.98 Å². The van der Waals surface area contributed by atoms with Gasteiger partial charge in [-0.1, -0.05) is 11.7 Å². The van der Waals surface area contributed by atoms with Crippen LogP contribution in [0.3, 0.4) is 0 Å². The molecule has 0 radical (unpaired) electrons. The molecule has 3 rings (SSSR count). The van der Waals surface area contributed by atoms with Gasteiger partial charge in [0.15, 0.2) is 17.3 Å². The number of hydrogen-bond donors (Lipinski definition) is 1. The number of nitrogens with zero attached hydrogens (tertiary/aromatic N) is 5. The van der Waals surface area contributed by atoms with Crippen molar-refractivity contribution in [1.82, 2.24) is 30.1 Å². The summed E-state index contributed by atoms with van der Waals surface area (Å²) >= 11 is 0. The Morgan fingerprint density at radius 2 is 2.38 bits per heavy atom. The lowest BCUT2D eigenvalue weighted by Crippen LogP contribution is -2.21. The van der Waals surface area contributed by atoms with Crippen molar-refractivity contribution in [2.75, 3.05) is 0 Å². The van der Waals surface area contributed by atoms with E-state index in [1.54, 1.807) is 23.6 Å². The fourth-order valence-electron chi connectivity index (χ4n) is 1.85. The van der Waals surface area contributed by atoms with Gasteiger partial charge in [-0.15, -0.1) is 10.2 Å². The minimum Gasteiger partial charge on any atom is -0.345 e. The summed E-state index contributed by atoms with van der Waals surface area (Å²) in [4.78, 5) is 15.3. The van der Waals surface area contributed by atoms with E-state index in [0.717, 1.165) is 5.56 Å². The first-order valence-electron chi connectivity index (χ1n) is 6.22. The van der Waals surface area contributed by atoms with E-state index >= 15 is 0 Å². The quantitative estimate of drug-likeness (QED) is 0.714. The SMILES string of the molecule is C=CC(=O)NCc1nnc2cc(-c3nc(C)no3)ccn12. The van der Waals surface area contributed by atoms with E-state index in [1.165, 1.54) is 6.08 Å². The second kappa shape index (κ2) is 5.16. The van der Waals surface area contributed by atoms with Gasteiger partial charge in [-0.3, -0.25) is 9.20 Å². The van der Waals surface area contributed by atoms with E-state index in [0.29, 0.717) is 23.2 Å². The van der Waals surface area contributed by atoms with Crippen LogP contribution in [0.25, 0.3) is 17.1 Å². The fourth-order valence-corrected chi connectivity index (χ4v) is 1.85. The topological polar surface area (TPSA) is 98.2 Å². The Balaban J connectivity index is 1.90. The number of aryl methyl sites for hydroxylation is 1. The van der Waals surface area contributed by atoms with Gasteiger partial charge in [0.2, 0.25) is 5.91 Å². The van der Waals surface area contributed by atoms with E-state index in [-0.39, 0.29) is 12.5 Å². The first-order valence-corrected chi connectivity index (χ1v) is 6.22. The van der Waals surface area contributed by atoms with Crippen LogP contribution in [0.5, 0.6) is 0 Å². The van der Waals surface area contributed by atoms with Crippen molar-refractivity contribution >= 4 is 11.6 Å². The normalized spacial score (nSPS) is 10.7. The van der Waals surface area contributed by atoms with Crippen LogP contribution in [0.4, 0.5) is 0 Å². The molecule has 106 valence electrons. The first kappa shape index (κ1) is 13.0. The van der Waals surface area contributed by atoms with Gasteiger partial charge in [-0.25, -0.2) is 0 Å². The van der Waals surface area contributed by atoms with Crippen molar-refractivity contribution in [3.8, 4) is 11.5 Å². The van der Waals surface area contributed by atoms with Gasteiger partial charge in [0.05, 0.1) is 6.54 Å². The molecule has 3 heterocycles. The summed E-state index contributed by atoms with van der Waals surface area (Å²) in [7, 11) is 0. The van der Waals surface area contributed by atoms with Gasteiger partial charge in [0, 0.05) is 11.8 Å². The van der Waals surface area contributed by atoms with Crippen LogP contribution in [-0.4, -0.2) is 30.6 Å². The summed E-state index contributed by atoms with van der Waals surface area (Å²) in [6, 6.07) is 3.61. The highest BCUT2D eigenvalue weighted by Crippen LogP contribution is 2.18. The maximum absolute atomic E-state index is 11.2. The zero-order valence-electron chi connectivity index (χ0n) is 11.3. The largest absolute Gasteiger partial charge is 0.345 e. The zero-order valence-corrected chi connectivity index (χ0v) is 11.3. The molecule has 0 bridgehead atoms. The molecule has 8 nitrogen and oxygen atoms in total. The number of pyridine rings is 1. The second-order valence-corrected chi connectivity index (χ2v) is 4.33. The van der Waals surface area contributed by atoms with E-state index in [2.05, 4.69) is 32.2 Å². The Morgan fingerprint density at radius 3 is 3.10 bits per heavy atom. The third-order valence-corrected chi connectivity index (χ3v) is 2.86. The molecular formula is C13H12N6O2. The molecule has 0 saturated carbocycles. The van der Waals surface area contributed by atoms with Crippen molar-refractivity contribution in [1.29, 1.82) is 0 Å². The van der Waals surface area contributed by atoms with Gasteiger partial charge >= 0.3 is 0 Å². The first-order chi connectivity index (χ1) is 10.2. The standard InChI is InChI=1S/C13H12N6O2/c1-3-12(20)14-7-11-17-16-10-6-9(4-5-19(10)11)13-15-8(2)18-21-13/h3-6H,1,7H2,2H3,(H,14,20). The molecule has 0 saturated heterocycles. The summed E-state index contributed by atoms with van der Waals surface area (Å²) in [5, 5.41) is 14.5. The summed E-state index contributed by atoms with van der Waals surface area (Å²) in [6.07, 6.45) is 3.00. The highest BCUT2D eigenvalue weighted by atomic mass is 16.5. The molecule has 0 aliphatic heterocycles. The molecule has 0 aliphatic rings. The van der Waals surface area contributed by atoms with E-state index < -0.39 is 0 Å². The molecule has 3 aromatic heterocycles. The Kier molecular flexibility index (Phi) is 3.19. The van der Waals surface area contributed by atoms with Gasteiger partial charge in [-0.05, 0) is 25.1 Å². The van der Waals surface area contributed by atoms with Crippen LogP contribution in [-0.2, 0) is 11.3 Å². The van der Waals surface area contributed by atoms with E-state index in [9.17, 15) is 4.79 Å². The molecule has 8 heteroatoms. The molecule has 21 heavy (non-hydrogen) atoms. The third kappa shape index (κ3) is 2.50. The average Bonchev–Trinajstić information content (AvgIpc) is 3.10. The predicted molar refractivity (Wildman–Crippen MR) is 73.1 cm³/mol. The summed E-state index contributed by atoms with van der Waals surface area (Å²) in [6.45, 7) is 5.41. The maximum atomic E-state index is 11.2. The predicted octanol–water partition coefficient (Wildman–Crippen LogP) is 0.890. The number of carbonyl (C=O) groups excluding carboxylic acids is 1. The number of fused-ring (bicyclic) bond motifs is 1. The Labute approximate surface area is 119 Å². The van der Waals surface area contributed by atoms with Crippen molar-refractivity contribution in [2.24, 2.45) is 0 Å². The van der Waals surface area contributed by atoms with Gasteiger partial charge in [0.1, 0.15) is 0 Å². The molecule has 1 N–H and O–H groups in total. The number of nitrogens with one attached hydrogen (secondary N) is 1. The van der Waals surface area contributed by atoms with Gasteiger partial charge in [0.25, 0.3) is 5.89 Å². The number of aromatic nitrogens is 5. The lowest BCUT2D eigenvalue weighted by atomic mass is 10.2. The van der Waals surface area contributed by atoms with E-state index in [1.807, 2.05) is 6.07 Å². The molecular weight excluding hydrogens is 272 g/mol. The second-order valence-electron chi connectivity index (χ2n) is 4.33. The smallest absolute Gasteiger partial charge is 0.258 e. The Hall–Kier alpha value is -3.03. The fraction of sp³-hybridized carbons (Fsp3) is 0.154. The third-order valence-electron chi connectivity index (χ3n) is 2.86. The molecule has 0 spiro atoms. The lowest BCUT2D eigenvalue weighted by Gasteiger charge is -2.01. The lowest BCUT2D eigenvalue weighted by molar-refractivity contribution is -0.116. The van der Waals surface area contributed by atoms with Crippen LogP contribution >= 0.6 is 0 Å². The maximum Gasteiger partial charge on any atom is 0.258 e.